The van der Waals surface area contributed by atoms with Gasteiger partial charge in [0.2, 0.25) is 0 Å². The van der Waals surface area contributed by atoms with E-state index in [0.717, 1.165) is 41.6 Å². The number of nitrogens with zero attached hydrogens (tertiary/aromatic N) is 3. The van der Waals surface area contributed by atoms with Gasteiger partial charge in [-0.05, 0) is 35.4 Å². The molecule has 80 valence electrons. The molecule has 0 amide bonds. The predicted molar refractivity (Wildman–Crippen MR) is 65.8 cm³/mol. The summed E-state index contributed by atoms with van der Waals surface area (Å²) in [4.78, 5) is 21.1. The van der Waals surface area contributed by atoms with E-state index in [0.29, 0.717) is 0 Å². The Labute approximate surface area is 102 Å². The monoisotopic (exact) mass is 317 g/mol. The third kappa shape index (κ3) is 2.45. The molecule has 1 saturated heterocycles. The van der Waals surface area contributed by atoms with Crippen molar-refractivity contribution in [3.63, 3.8) is 0 Å². The molecule has 0 radical (unpaired) electrons. The minimum absolute atomic E-state index is 0.237. The van der Waals surface area contributed by atoms with Gasteiger partial charge in [0.25, 0.3) is 0 Å². The molecule has 0 saturated carbocycles. The Kier molecular flexibility index (Phi) is 3.50. The van der Waals surface area contributed by atoms with Crippen LogP contribution >= 0.6 is 22.6 Å². The zero-order valence-corrected chi connectivity index (χ0v) is 10.4. The second-order valence-corrected chi connectivity index (χ2v) is 4.82. The van der Waals surface area contributed by atoms with Gasteiger partial charge in [-0.15, -0.1) is 0 Å². The first-order chi connectivity index (χ1) is 7.31. The molecule has 0 aliphatic carbocycles. The number of carbonyl (C=O) groups is 1. The maximum atomic E-state index is 10.6. The molecular weight excluding hydrogens is 305 g/mol. The molecule has 0 spiro atoms. The fourth-order valence-electron chi connectivity index (χ4n) is 1.79. The van der Waals surface area contributed by atoms with Gasteiger partial charge in [-0.25, -0.2) is 9.97 Å². The number of halogens is 1. The van der Waals surface area contributed by atoms with Crippen molar-refractivity contribution in [1.82, 2.24) is 9.97 Å². The molecule has 2 rings (SSSR count). The van der Waals surface area contributed by atoms with Crippen molar-refractivity contribution < 1.29 is 4.79 Å². The number of carbonyl (C=O) groups excluding carboxylic acids is 1. The van der Waals surface area contributed by atoms with Crippen molar-refractivity contribution in [2.24, 2.45) is 5.92 Å². The van der Waals surface area contributed by atoms with Crippen molar-refractivity contribution >= 4 is 34.7 Å². The molecular formula is C10H12IN3O. The topological polar surface area (TPSA) is 46.1 Å². The van der Waals surface area contributed by atoms with Gasteiger partial charge in [0.15, 0.2) is 0 Å². The van der Waals surface area contributed by atoms with E-state index in [4.69, 9.17) is 0 Å². The smallest absolute Gasteiger partial charge is 0.145 e. The third-order valence-electron chi connectivity index (χ3n) is 2.68. The lowest BCUT2D eigenvalue weighted by molar-refractivity contribution is -0.111. The van der Waals surface area contributed by atoms with Crippen LogP contribution in [0.2, 0.25) is 0 Å². The minimum atomic E-state index is 0.237. The van der Waals surface area contributed by atoms with Gasteiger partial charge in [0.1, 0.15) is 18.4 Å². The fourth-order valence-corrected chi connectivity index (χ4v) is 2.43. The van der Waals surface area contributed by atoms with Crippen molar-refractivity contribution in [1.29, 1.82) is 0 Å². The van der Waals surface area contributed by atoms with E-state index >= 15 is 0 Å². The van der Waals surface area contributed by atoms with Crippen LogP contribution in [-0.4, -0.2) is 29.3 Å². The normalized spacial score (nSPS) is 17.8. The molecule has 1 aliphatic rings. The maximum Gasteiger partial charge on any atom is 0.145 e. The van der Waals surface area contributed by atoms with Crippen LogP contribution in [-0.2, 0) is 4.79 Å². The number of piperidine rings is 1. The zero-order chi connectivity index (χ0) is 10.7. The van der Waals surface area contributed by atoms with Gasteiger partial charge in [-0.3, -0.25) is 0 Å². The molecule has 0 unspecified atom stereocenters. The number of aldehydes is 1. The lowest BCUT2D eigenvalue weighted by Crippen LogP contribution is -2.35. The molecule has 0 bridgehead atoms. The second kappa shape index (κ2) is 4.87. The van der Waals surface area contributed by atoms with Crippen molar-refractivity contribution in [3.8, 4) is 0 Å². The lowest BCUT2D eigenvalue weighted by Gasteiger charge is -2.30. The highest BCUT2D eigenvalue weighted by molar-refractivity contribution is 14.1. The number of hydrogen-bond donors (Lipinski definition) is 0. The summed E-state index contributed by atoms with van der Waals surface area (Å²) in [6.45, 7) is 1.83. The number of aromatic nitrogens is 2. The van der Waals surface area contributed by atoms with Crippen LogP contribution in [0.1, 0.15) is 12.8 Å². The van der Waals surface area contributed by atoms with E-state index in [1.807, 2.05) is 6.20 Å². The summed E-state index contributed by atoms with van der Waals surface area (Å²) in [6, 6.07) is 0. The highest BCUT2D eigenvalue weighted by atomic mass is 127. The molecule has 1 aromatic heterocycles. The average molecular weight is 317 g/mol. The molecule has 0 N–H and O–H groups in total. The van der Waals surface area contributed by atoms with E-state index in [2.05, 4.69) is 37.5 Å². The molecule has 15 heavy (non-hydrogen) atoms. The van der Waals surface area contributed by atoms with E-state index in [9.17, 15) is 4.79 Å². The summed E-state index contributed by atoms with van der Waals surface area (Å²) in [5.41, 5.74) is 0. The predicted octanol–water partition coefficient (Wildman–Crippen LogP) is 1.50. The van der Waals surface area contributed by atoms with Crippen LogP contribution in [0, 0.1) is 9.49 Å². The average Bonchev–Trinajstić information content (AvgIpc) is 2.30. The van der Waals surface area contributed by atoms with Crippen LogP contribution in [0.15, 0.2) is 12.5 Å². The van der Waals surface area contributed by atoms with Gasteiger partial charge >= 0.3 is 0 Å². The van der Waals surface area contributed by atoms with E-state index in [1.54, 1.807) is 6.33 Å². The Balaban J connectivity index is 2.07. The molecule has 1 aliphatic heterocycles. The van der Waals surface area contributed by atoms with Crippen LogP contribution in [0.3, 0.4) is 0 Å². The number of rotatable bonds is 2. The van der Waals surface area contributed by atoms with Gasteiger partial charge in [0.05, 0.1) is 3.57 Å². The maximum absolute atomic E-state index is 10.6. The first-order valence-electron chi connectivity index (χ1n) is 4.97. The fraction of sp³-hybridized carbons (Fsp3) is 0.500. The highest BCUT2D eigenvalue weighted by Crippen LogP contribution is 2.23. The van der Waals surface area contributed by atoms with Crippen LogP contribution in [0.4, 0.5) is 5.82 Å². The first kappa shape index (κ1) is 10.8. The lowest BCUT2D eigenvalue weighted by atomic mass is 9.99. The Bertz CT molecular complexity index is 350. The van der Waals surface area contributed by atoms with Crippen LogP contribution in [0.25, 0.3) is 0 Å². The van der Waals surface area contributed by atoms with E-state index in [-0.39, 0.29) is 5.92 Å². The molecule has 5 heteroatoms. The molecule has 4 nitrogen and oxygen atoms in total. The summed E-state index contributed by atoms with van der Waals surface area (Å²) in [5, 5.41) is 0. The summed E-state index contributed by atoms with van der Waals surface area (Å²) < 4.78 is 1.07. The largest absolute Gasteiger partial charge is 0.356 e. The van der Waals surface area contributed by atoms with Crippen LogP contribution < -0.4 is 4.90 Å². The highest BCUT2D eigenvalue weighted by Gasteiger charge is 2.20. The number of hydrogen-bond acceptors (Lipinski definition) is 4. The molecule has 1 fully saturated rings. The summed E-state index contributed by atoms with van der Waals surface area (Å²) in [5.74, 6) is 1.23. The number of anilines is 1. The standard InChI is InChI=1S/C10H12IN3O/c11-9-5-12-7-13-10(9)14-3-1-8(6-15)2-4-14/h5-8H,1-4H2. The second-order valence-electron chi connectivity index (χ2n) is 3.65. The Morgan fingerprint density at radius 3 is 2.80 bits per heavy atom. The van der Waals surface area contributed by atoms with E-state index < -0.39 is 0 Å². The third-order valence-corrected chi connectivity index (χ3v) is 3.44. The summed E-state index contributed by atoms with van der Waals surface area (Å²) in [6.07, 6.45) is 6.33. The Morgan fingerprint density at radius 2 is 2.20 bits per heavy atom. The molecule has 0 atom stereocenters. The first-order valence-corrected chi connectivity index (χ1v) is 6.05. The minimum Gasteiger partial charge on any atom is -0.356 e. The zero-order valence-electron chi connectivity index (χ0n) is 8.27. The Hall–Kier alpha value is -0.720. The summed E-state index contributed by atoms with van der Waals surface area (Å²) >= 11 is 2.24. The molecule has 1 aromatic rings. The van der Waals surface area contributed by atoms with Gasteiger partial charge in [-0.2, -0.15) is 0 Å². The van der Waals surface area contributed by atoms with Gasteiger partial charge < -0.3 is 9.69 Å². The molecule has 2 heterocycles. The molecule has 0 aromatic carbocycles. The van der Waals surface area contributed by atoms with Crippen molar-refractivity contribution in [3.05, 3.63) is 16.1 Å². The van der Waals surface area contributed by atoms with Crippen molar-refractivity contribution in [2.45, 2.75) is 12.8 Å². The van der Waals surface area contributed by atoms with Crippen molar-refractivity contribution in [2.75, 3.05) is 18.0 Å². The summed E-state index contributed by atoms with van der Waals surface area (Å²) in [7, 11) is 0. The van der Waals surface area contributed by atoms with Crippen LogP contribution in [0.5, 0.6) is 0 Å². The Morgan fingerprint density at radius 1 is 1.47 bits per heavy atom. The van der Waals surface area contributed by atoms with Gasteiger partial charge in [0, 0.05) is 25.2 Å². The quantitative estimate of drug-likeness (QED) is 0.613. The van der Waals surface area contributed by atoms with Gasteiger partial charge in [-0.1, -0.05) is 0 Å². The SMILES string of the molecule is O=CC1CCN(c2ncncc2I)CC1. The van der Waals surface area contributed by atoms with E-state index in [1.165, 1.54) is 0 Å².